The monoisotopic (exact) mass is 508 g/mol. The minimum atomic E-state index is -4.15. The molecule has 2 unspecified atom stereocenters. The molecule has 0 heterocycles. The average molecular weight is 509 g/mol. The molecule has 0 radical (unpaired) electrons. The van der Waals surface area contributed by atoms with E-state index in [1.807, 2.05) is 27.2 Å². The summed E-state index contributed by atoms with van der Waals surface area (Å²) in [4.78, 5) is 9.63. The summed E-state index contributed by atoms with van der Waals surface area (Å²) in [5.41, 5.74) is 0. The third kappa shape index (κ3) is 26.2. The van der Waals surface area contributed by atoms with Crippen LogP contribution in [0.4, 0.5) is 0 Å². The van der Waals surface area contributed by atoms with E-state index in [0.717, 1.165) is 12.8 Å². The molecule has 8 heteroatoms. The second-order valence-corrected chi connectivity index (χ2v) is 11.8. The molecule has 2 atom stereocenters. The van der Waals surface area contributed by atoms with Crippen LogP contribution in [-0.4, -0.2) is 68.1 Å². The van der Waals surface area contributed by atoms with Crippen LogP contribution in [0.1, 0.15) is 103 Å². The largest absolute Gasteiger partial charge is 0.499 e. The zero-order valence-electron chi connectivity index (χ0n) is 22.6. The summed E-state index contributed by atoms with van der Waals surface area (Å²) in [6.45, 7) is 2.64. The van der Waals surface area contributed by atoms with E-state index in [1.54, 1.807) is 6.26 Å². The van der Waals surface area contributed by atoms with Crippen LogP contribution in [0.2, 0.25) is 0 Å². The maximum Gasteiger partial charge on any atom is 0.472 e. The van der Waals surface area contributed by atoms with E-state index in [0.29, 0.717) is 11.0 Å². The number of phosphoric ester groups is 1. The van der Waals surface area contributed by atoms with Crippen LogP contribution in [0.15, 0.2) is 12.3 Å². The fraction of sp³-hybridized carbons (Fsp3) is 0.923. The smallest absolute Gasteiger partial charge is 0.472 e. The first-order chi connectivity index (χ1) is 16.2. The van der Waals surface area contributed by atoms with E-state index >= 15 is 0 Å². The number of allylic oxidation sites excluding steroid dienone is 1. The molecular weight excluding hydrogens is 453 g/mol. The highest BCUT2D eigenvalue weighted by atomic mass is 31.2. The van der Waals surface area contributed by atoms with Gasteiger partial charge in [-0.15, -0.1) is 0 Å². The molecular formula is C26H55NO6P+. The first-order valence-electron chi connectivity index (χ1n) is 13.5. The zero-order valence-corrected chi connectivity index (χ0v) is 23.5. The first-order valence-corrected chi connectivity index (χ1v) is 15.0. The van der Waals surface area contributed by atoms with Crippen LogP contribution in [-0.2, 0) is 18.3 Å². The Bertz CT molecular complexity index is 524. The number of unbranched alkanes of at least 4 members (excludes halogenated alkanes) is 14. The van der Waals surface area contributed by atoms with E-state index in [2.05, 4.69) is 6.92 Å². The number of aliphatic hydroxyl groups excluding tert-OH is 1. The number of likely N-dealkylation sites (N-methyl/N-ethyl adjacent to an activating group) is 1. The molecule has 0 rings (SSSR count). The van der Waals surface area contributed by atoms with Crippen LogP contribution in [0.3, 0.4) is 0 Å². The maximum atomic E-state index is 11.8. The van der Waals surface area contributed by atoms with Gasteiger partial charge < -0.3 is 19.2 Å². The van der Waals surface area contributed by atoms with Gasteiger partial charge in [0.1, 0.15) is 25.9 Å². The number of aliphatic hydroxyl groups is 1. The van der Waals surface area contributed by atoms with E-state index in [-0.39, 0.29) is 19.8 Å². The minimum Gasteiger partial charge on any atom is -0.499 e. The van der Waals surface area contributed by atoms with Crippen molar-refractivity contribution < 1.29 is 32.8 Å². The van der Waals surface area contributed by atoms with Crippen molar-refractivity contribution in [3.05, 3.63) is 12.3 Å². The molecule has 0 spiro atoms. The SMILES string of the molecule is CCCCCCCCCCCCCCCCC=COCC(O)COP(=O)(O)OCC[N+](C)(C)C. The van der Waals surface area contributed by atoms with Gasteiger partial charge in [0.25, 0.3) is 0 Å². The second-order valence-electron chi connectivity index (χ2n) is 10.4. The second kappa shape index (κ2) is 21.8. The summed E-state index contributed by atoms with van der Waals surface area (Å²) >= 11 is 0. The van der Waals surface area contributed by atoms with Crippen LogP contribution in [0.25, 0.3) is 0 Å². The van der Waals surface area contributed by atoms with Crippen LogP contribution >= 0.6 is 7.82 Å². The van der Waals surface area contributed by atoms with E-state index in [1.165, 1.54) is 83.5 Å². The highest BCUT2D eigenvalue weighted by molar-refractivity contribution is 7.47. The topological polar surface area (TPSA) is 85.2 Å². The fourth-order valence-corrected chi connectivity index (χ4v) is 4.20. The molecule has 0 saturated heterocycles. The number of ether oxygens (including phenoxy) is 1. The van der Waals surface area contributed by atoms with Crippen molar-refractivity contribution in [1.29, 1.82) is 0 Å². The maximum absolute atomic E-state index is 11.8. The van der Waals surface area contributed by atoms with Gasteiger partial charge in [0.2, 0.25) is 0 Å². The standard InChI is InChI=1S/C26H54NO6P/c1-5-6-7-8-9-10-11-12-13-14-15-16-17-18-19-20-22-31-24-26(28)25-33-34(29,30)32-23-21-27(2,3)4/h20,22,26,28H,5-19,21,23-25H2,1-4H3/p+1. The van der Waals surface area contributed by atoms with Gasteiger partial charge in [0.15, 0.2) is 0 Å². The van der Waals surface area contributed by atoms with Gasteiger partial charge in [-0.1, -0.05) is 90.4 Å². The van der Waals surface area contributed by atoms with Crippen molar-refractivity contribution in [2.24, 2.45) is 0 Å². The normalized spacial score (nSPS) is 15.0. The van der Waals surface area contributed by atoms with Crippen LogP contribution < -0.4 is 0 Å². The Morgan fingerprint density at radius 2 is 1.29 bits per heavy atom. The molecule has 0 aliphatic heterocycles. The third-order valence-electron chi connectivity index (χ3n) is 5.65. The molecule has 7 nitrogen and oxygen atoms in total. The molecule has 0 saturated carbocycles. The first kappa shape index (κ1) is 33.6. The molecule has 0 amide bonds. The van der Waals surface area contributed by atoms with Gasteiger partial charge in [0.05, 0.1) is 34.0 Å². The van der Waals surface area contributed by atoms with Crippen molar-refractivity contribution in [2.75, 3.05) is 47.5 Å². The summed E-state index contributed by atoms with van der Waals surface area (Å²) in [6.07, 6.45) is 22.4. The molecule has 0 fully saturated rings. The Labute approximate surface area is 210 Å². The Morgan fingerprint density at radius 1 is 0.794 bits per heavy atom. The van der Waals surface area contributed by atoms with Crippen molar-refractivity contribution >= 4 is 7.82 Å². The summed E-state index contributed by atoms with van der Waals surface area (Å²) in [6, 6.07) is 0. The Morgan fingerprint density at radius 3 is 1.79 bits per heavy atom. The molecule has 0 aromatic carbocycles. The van der Waals surface area contributed by atoms with Gasteiger partial charge in [-0.05, 0) is 18.9 Å². The molecule has 34 heavy (non-hydrogen) atoms. The summed E-state index contributed by atoms with van der Waals surface area (Å²) in [5, 5.41) is 9.83. The summed E-state index contributed by atoms with van der Waals surface area (Å²) < 4.78 is 27.4. The molecule has 0 aromatic heterocycles. The van der Waals surface area contributed by atoms with Gasteiger partial charge in [-0.2, -0.15) is 0 Å². The number of phosphoric acid groups is 1. The average Bonchev–Trinajstić information content (AvgIpc) is 2.76. The Balaban J connectivity index is 3.46. The van der Waals surface area contributed by atoms with Gasteiger partial charge in [0, 0.05) is 0 Å². The van der Waals surface area contributed by atoms with Crippen molar-refractivity contribution in [3.8, 4) is 0 Å². The summed E-state index contributed by atoms with van der Waals surface area (Å²) in [7, 11) is 1.72. The summed E-state index contributed by atoms with van der Waals surface area (Å²) in [5.74, 6) is 0. The lowest BCUT2D eigenvalue weighted by molar-refractivity contribution is -0.870. The van der Waals surface area contributed by atoms with Gasteiger partial charge in [-0.25, -0.2) is 4.57 Å². The quantitative estimate of drug-likeness (QED) is 0.0626. The van der Waals surface area contributed by atoms with E-state index < -0.39 is 13.9 Å². The molecule has 0 aromatic rings. The van der Waals surface area contributed by atoms with Crippen molar-refractivity contribution in [2.45, 2.75) is 109 Å². The highest BCUT2D eigenvalue weighted by Crippen LogP contribution is 2.43. The van der Waals surface area contributed by atoms with Crippen molar-refractivity contribution in [1.82, 2.24) is 0 Å². The molecule has 0 bridgehead atoms. The fourth-order valence-electron chi connectivity index (χ4n) is 3.46. The number of nitrogens with zero attached hydrogens (tertiary/aromatic N) is 1. The lowest BCUT2D eigenvalue weighted by Gasteiger charge is -2.24. The molecule has 0 aliphatic carbocycles. The zero-order chi connectivity index (χ0) is 25.5. The number of hydrogen-bond donors (Lipinski definition) is 2. The molecule has 2 N–H and O–H groups in total. The van der Waals surface area contributed by atoms with E-state index in [9.17, 15) is 14.6 Å². The third-order valence-corrected chi connectivity index (χ3v) is 6.64. The molecule has 204 valence electrons. The minimum absolute atomic E-state index is 0.00806. The van der Waals surface area contributed by atoms with Crippen LogP contribution in [0, 0.1) is 0 Å². The Kier molecular flexibility index (Phi) is 21.5. The predicted molar refractivity (Wildman–Crippen MR) is 141 cm³/mol. The van der Waals surface area contributed by atoms with Gasteiger partial charge in [-0.3, -0.25) is 9.05 Å². The number of hydrogen-bond acceptors (Lipinski definition) is 5. The Hall–Kier alpha value is -0.430. The molecule has 0 aliphatic rings. The predicted octanol–water partition coefficient (Wildman–Crippen LogP) is 6.59. The van der Waals surface area contributed by atoms with Crippen molar-refractivity contribution in [3.63, 3.8) is 0 Å². The highest BCUT2D eigenvalue weighted by Gasteiger charge is 2.24. The number of rotatable bonds is 25. The lowest BCUT2D eigenvalue weighted by atomic mass is 10.0. The van der Waals surface area contributed by atoms with E-state index in [4.69, 9.17) is 13.8 Å². The van der Waals surface area contributed by atoms with Crippen LogP contribution in [0.5, 0.6) is 0 Å². The van der Waals surface area contributed by atoms with Gasteiger partial charge >= 0.3 is 7.82 Å². The lowest BCUT2D eigenvalue weighted by Crippen LogP contribution is -2.37. The number of quaternary nitrogens is 1.